The van der Waals surface area contributed by atoms with E-state index in [1.165, 1.54) is 11.6 Å². The van der Waals surface area contributed by atoms with Gasteiger partial charge in [-0.15, -0.1) is 0 Å². The Kier molecular flexibility index (Phi) is 6.28. The van der Waals surface area contributed by atoms with Crippen molar-refractivity contribution in [2.45, 2.75) is 13.0 Å². The number of halogens is 2. The highest BCUT2D eigenvalue weighted by molar-refractivity contribution is 6.36. The summed E-state index contributed by atoms with van der Waals surface area (Å²) in [7, 11) is 6.31. The van der Waals surface area contributed by atoms with Crippen LogP contribution in [0.15, 0.2) is 52.2 Å². The molecule has 0 saturated carbocycles. The molecule has 2 aromatic carbocycles. The monoisotopic (exact) mass is 487 g/mol. The second kappa shape index (κ2) is 9.00. The summed E-state index contributed by atoms with van der Waals surface area (Å²) >= 11 is 12.6. The third-order valence-corrected chi connectivity index (χ3v) is 6.34. The van der Waals surface area contributed by atoms with Gasteiger partial charge in [-0.25, -0.2) is 4.79 Å². The van der Waals surface area contributed by atoms with Crippen molar-refractivity contribution in [3.8, 4) is 22.8 Å². The van der Waals surface area contributed by atoms with E-state index in [2.05, 4.69) is 0 Å². The van der Waals surface area contributed by atoms with Crippen molar-refractivity contribution in [1.29, 1.82) is 0 Å². The van der Waals surface area contributed by atoms with Crippen molar-refractivity contribution in [1.82, 2.24) is 13.7 Å². The van der Waals surface area contributed by atoms with E-state index in [1.54, 1.807) is 39.5 Å². The molecule has 0 N–H and O–H groups in total. The number of methoxy groups -OCH3 is 2. The van der Waals surface area contributed by atoms with Crippen LogP contribution in [0, 0.1) is 0 Å². The lowest BCUT2D eigenvalue weighted by atomic mass is 10.1. The van der Waals surface area contributed by atoms with E-state index >= 15 is 0 Å². The lowest BCUT2D eigenvalue weighted by Crippen LogP contribution is -2.36. The molecule has 172 valence electrons. The number of fused-ring (bicyclic) bond motifs is 1. The summed E-state index contributed by atoms with van der Waals surface area (Å²) in [5.41, 5.74) is 2.11. The molecule has 2 aromatic heterocycles. The van der Waals surface area contributed by atoms with Gasteiger partial charge in [0.15, 0.2) is 11.5 Å². The molecule has 4 rings (SSSR count). The first kappa shape index (κ1) is 23.0. The summed E-state index contributed by atoms with van der Waals surface area (Å²) < 4.78 is 15.3. The summed E-state index contributed by atoms with van der Waals surface area (Å²) in [6, 6.07) is 10.9. The molecule has 0 fully saturated rings. The largest absolute Gasteiger partial charge is 0.493 e. The summed E-state index contributed by atoms with van der Waals surface area (Å²) in [5, 5.41) is 1.35. The molecular formula is C24H23Cl2N3O4. The molecule has 0 amide bonds. The Morgan fingerprint density at radius 3 is 2.30 bits per heavy atom. The number of aryl methyl sites for hydroxylation is 3. The first-order valence-corrected chi connectivity index (χ1v) is 11.0. The number of nitrogens with zero attached hydrogens (tertiary/aromatic N) is 3. The van der Waals surface area contributed by atoms with E-state index in [9.17, 15) is 9.59 Å². The Labute approximate surface area is 200 Å². The average molecular weight is 488 g/mol. The fourth-order valence-corrected chi connectivity index (χ4v) is 4.52. The van der Waals surface area contributed by atoms with Crippen molar-refractivity contribution >= 4 is 34.1 Å². The molecule has 0 spiro atoms. The van der Waals surface area contributed by atoms with Gasteiger partial charge in [-0.05, 0) is 42.3 Å². The number of benzene rings is 2. The Morgan fingerprint density at radius 1 is 0.909 bits per heavy atom. The van der Waals surface area contributed by atoms with Crippen molar-refractivity contribution in [2.75, 3.05) is 14.2 Å². The Hall–Kier alpha value is -3.16. The predicted molar refractivity (Wildman–Crippen MR) is 131 cm³/mol. The average Bonchev–Trinajstić information content (AvgIpc) is 3.19. The van der Waals surface area contributed by atoms with E-state index < -0.39 is 5.69 Å². The van der Waals surface area contributed by atoms with E-state index in [4.69, 9.17) is 32.7 Å². The van der Waals surface area contributed by atoms with E-state index in [0.29, 0.717) is 56.7 Å². The van der Waals surface area contributed by atoms with Crippen LogP contribution in [0.3, 0.4) is 0 Å². The third-order valence-electron chi connectivity index (χ3n) is 5.79. The SMILES string of the molecule is COc1ccc(CCn2cc3c(c2-c2ccc(Cl)cc2Cl)c(=O)n(C)c(=O)n3C)cc1OC. The van der Waals surface area contributed by atoms with Crippen LogP contribution < -0.4 is 20.7 Å². The van der Waals surface area contributed by atoms with Gasteiger partial charge in [-0.2, -0.15) is 0 Å². The second-order valence-electron chi connectivity index (χ2n) is 7.70. The van der Waals surface area contributed by atoms with Crippen LogP contribution in [0.1, 0.15) is 5.56 Å². The quantitative estimate of drug-likeness (QED) is 0.407. The molecule has 4 aromatic rings. The van der Waals surface area contributed by atoms with Gasteiger partial charge in [0.2, 0.25) is 0 Å². The minimum atomic E-state index is -0.390. The van der Waals surface area contributed by atoms with Gasteiger partial charge in [-0.1, -0.05) is 29.3 Å². The normalized spacial score (nSPS) is 11.2. The summed E-state index contributed by atoms with van der Waals surface area (Å²) in [6.45, 7) is 0.537. The third kappa shape index (κ3) is 4.03. The number of ether oxygens (including phenoxy) is 2. The maximum Gasteiger partial charge on any atom is 0.330 e. The van der Waals surface area contributed by atoms with Crippen LogP contribution in [0.5, 0.6) is 11.5 Å². The molecule has 0 saturated heterocycles. The van der Waals surface area contributed by atoms with Crippen molar-refractivity contribution in [3.05, 3.63) is 79.0 Å². The summed E-state index contributed by atoms with van der Waals surface area (Å²) in [4.78, 5) is 25.7. The zero-order chi connectivity index (χ0) is 23.9. The lowest BCUT2D eigenvalue weighted by Gasteiger charge is -2.13. The molecule has 0 bridgehead atoms. The van der Waals surface area contributed by atoms with Gasteiger partial charge in [-0.3, -0.25) is 13.9 Å². The lowest BCUT2D eigenvalue weighted by molar-refractivity contribution is 0.354. The molecule has 33 heavy (non-hydrogen) atoms. The highest BCUT2D eigenvalue weighted by atomic mass is 35.5. The van der Waals surface area contributed by atoms with Gasteiger partial charge in [0.1, 0.15) is 0 Å². The molecule has 7 nitrogen and oxygen atoms in total. The molecule has 9 heteroatoms. The summed E-state index contributed by atoms with van der Waals surface area (Å²) in [5.74, 6) is 1.30. The van der Waals surface area contributed by atoms with Crippen molar-refractivity contribution in [2.24, 2.45) is 14.1 Å². The van der Waals surface area contributed by atoms with Gasteiger partial charge in [0.25, 0.3) is 5.56 Å². The van der Waals surface area contributed by atoms with Crippen LogP contribution in [-0.2, 0) is 27.1 Å². The van der Waals surface area contributed by atoms with Crippen LogP contribution in [0.2, 0.25) is 10.0 Å². The fourth-order valence-electron chi connectivity index (χ4n) is 4.02. The Balaban J connectivity index is 1.89. The standard InChI is InChI=1S/C24H23Cl2N3O4/c1-27-18-13-29(10-9-14-5-8-19(32-3)20(11-14)33-4)22(16-7-6-15(25)12-17(16)26)21(18)23(30)28(2)24(27)31/h5-8,11-13H,9-10H2,1-4H3. The number of hydrogen-bond acceptors (Lipinski definition) is 4. The van der Waals surface area contributed by atoms with Crippen LogP contribution in [0.4, 0.5) is 0 Å². The van der Waals surface area contributed by atoms with Crippen molar-refractivity contribution < 1.29 is 9.47 Å². The van der Waals surface area contributed by atoms with E-state index in [1.807, 2.05) is 29.0 Å². The first-order valence-electron chi connectivity index (χ1n) is 10.2. The van der Waals surface area contributed by atoms with Crippen LogP contribution >= 0.6 is 23.2 Å². The molecule has 0 aliphatic heterocycles. The fraction of sp³-hybridized carbons (Fsp3) is 0.250. The maximum absolute atomic E-state index is 13.2. The highest BCUT2D eigenvalue weighted by Gasteiger charge is 2.21. The number of aromatic nitrogens is 3. The molecule has 0 aliphatic rings. The minimum Gasteiger partial charge on any atom is -0.493 e. The van der Waals surface area contributed by atoms with Gasteiger partial charge in [0, 0.05) is 37.4 Å². The zero-order valence-corrected chi connectivity index (χ0v) is 20.2. The molecule has 0 radical (unpaired) electrons. The molecule has 0 aliphatic carbocycles. The van der Waals surface area contributed by atoms with Crippen molar-refractivity contribution in [3.63, 3.8) is 0 Å². The van der Waals surface area contributed by atoms with Gasteiger partial charge >= 0.3 is 5.69 Å². The summed E-state index contributed by atoms with van der Waals surface area (Å²) in [6.07, 6.45) is 2.47. The Bertz CT molecular complexity index is 1480. The predicted octanol–water partition coefficient (Wildman–Crippen LogP) is 4.27. The second-order valence-corrected chi connectivity index (χ2v) is 8.54. The molecule has 2 heterocycles. The van der Waals surface area contributed by atoms with Crippen LogP contribution in [-0.4, -0.2) is 27.9 Å². The highest BCUT2D eigenvalue weighted by Crippen LogP contribution is 2.35. The molecular weight excluding hydrogens is 465 g/mol. The smallest absolute Gasteiger partial charge is 0.330 e. The van der Waals surface area contributed by atoms with Gasteiger partial charge in [0.05, 0.1) is 35.8 Å². The maximum atomic E-state index is 13.2. The number of hydrogen-bond donors (Lipinski definition) is 0. The van der Waals surface area contributed by atoms with E-state index in [0.717, 1.165) is 10.1 Å². The molecule has 0 unspecified atom stereocenters. The topological polar surface area (TPSA) is 67.4 Å². The molecule has 0 atom stereocenters. The Morgan fingerprint density at radius 2 is 1.64 bits per heavy atom. The first-order chi connectivity index (χ1) is 15.8. The zero-order valence-electron chi connectivity index (χ0n) is 18.7. The van der Waals surface area contributed by atoms with Gasteiger partial charge < -0.3 is 14.0 Å². The van der Waals surface area contributed by atoms with Crippen LogP contribution in [0.25, 0.3) is 22.2 Å². The minimum absolute atomic E-state index is 0.376. The van der Waals surface area contributed by atoms with E-state index in [-0.39, 0.29) is 5.56 Å². The number of rotatable bonds is 6.